The molecule has 0 bridgehead atoms. The molecule has 0 aromatic rings. The van der Waals surface area contributed by atoms with Crippen LogP contribution in [0.2, 0.25) is 0 Å². The minimum atomic E-state index is -1.90. The van der Waals surface area contributed by atoms with Gasteiger partial charge in [0.05, 0.1) is 0 Å². The predicted molar refractivity (Wildman–Crippen MR) is 36.6 cm³/mol. The molecule has 0 amide bonds. The molecule has 50 valence electrons. The number of azo groups is 1. The summed E-state index contributed by atoms with van der Waals surface area (Å²) in [5.74, 6) is 0. The van der Waals surface area contributed by atoms with Crippen LogP contribution in [0.4, 0.5) is 0 Å². The molecule has 0 saturated carbocycles. The molecule has 4 heteroatoms. The molecule has 10 heavy (non-hydrogen) atoms. The Balaban J connectivity index is 2.54. The first kappa shape index (κ1) is 5.89. The van der Waals surface area contributed by atoms with Crippen molar-refractivity contribution in [2.24, 2.45) is 10.2 Å². The minimum absolute atomic E-state index is 0.766. The normalized spacial score (nSPS) is 27.8. The first-order valence-corrected chi connectivity index (χ1v) is 5.33. The summed E-state index contributed by atoms with van der Waals surface area (Å²) in [6.45, 7) is 0. The maximum absolute atomic E-state index is 11.2. The van der Waals surface area contributed by atoms with Crippen LogP contribution < -0.4 is 0 Å². The second-order valence-electron chi connectivity index (χ2n) is 1.89. The van der Waals surface area contributed by atoms with E-state index in [1.165, 1.54) is 0 Å². The van der Waals surface area contributed by atoms with E-state index in [4.69, 9.17) is 0 Å². The van der Waals surface area contributed by atoms with Gasteiger partial charge in [-0.1, -0.05) is 0 Å². The predicted octanol–water partition coefficient (Wildman–Crippen LogP) is 1.29. The molecule has 0 fully saturated rings. The average molecular weight is 199 g/mol. The van der Waals surface area contributed by atoms with Crippen LogP contribution in [0.25, 0.3) is 0 Å². The van der Waals surface area contributed by atoms with Crippen LogP contribution in [0, 0.1) is 0 Å². The third-order valence-corrected chi connectivity index (χ3v) is 3.68. The van der Waals surface area contributed by atoms with Crippen molar-refractivity contribution in [2.75, 3.05) is 0 Å². The summed E-state index contributed by atoms with van der Waals surface area (Å²) in [6, 6.07) is 0. The van der Waals surface area contributed by atoms with Crippen molar-refractivity contribution in [3.8, 4) is 0 Å². The van der Waals surface area contributed by atoms with E-state index in [2.05, 4.69) is 10.2 Å². The van der Waals surface area contributed by atoms with E-state index < -0.39 is 13.8 Å². The molecule has 2 aliphatic rings. The Bertz CT molecular complexity index is 306. The van der Waals surface area contributed by atoms with Gasteiger partial charge in [-0.25, -0.2) is 0 Å². The van der Waals surface area contributed by atoms with Crippen molar-refractivity contribution < 1.29 is 3.83 Å². The number of allylic oxidation sites excluding steroid dienone is 3. The molecule has 1 unspecified atom stereocenters. The fourth-order valence-electron chi connectivity index (χ4n) is 0.804. The summed E-state index contributed by atoms with van der Waals surface area (Å²) in [4.78, 5) is 1.71. The number of hydrogen-bond donors (Lipinski definition) is 0. The molecule has 0 aliphatic carbocycles. The molecule has 3 nitrogen and oxygen atoms in total. The van der Waals surface area contributed by atoms with Gasteiger partial charge in [0.15, 0.2) is 0 Å². The number of nitrogens with zero attached hydrogens (tertiary/aromatic N) is 2. The summed E-state index contributed by atoms with van der Waals surface area (Å²) in [5, 5.41) is 7.45. The van der Waals surface area contributed by atoms with Crippen molar-refractivity contribution in [3.05, 3.63) is 33.5 Å². The molecule has 0 N–H and O–H groups in total. The number of hydrogen-bond acceptors (Lipinski definition) is 3. The van der Waals surface area contributed by atoms with Gasteiger partial charge in [-0.3, -0.25) is 0 Å². The monoisotopic (exact) mass is 200 g/mol. The molecule has 0 aromatic carbocycles. The third kappa shape index (κ3) is 0.735. The molecule has 0 radical (unpaired) electrons. The zero-order valence-corrected chi connectivity index (χ0v) is 6.73. The van der Waals surface area contributed by atoms with Gasteiger partial charge >= 0.3 is 61.4 Å². The van der Waals surface area contributed by atoms with Crippen LogP contribution in [-0.4, -0.2) is 13.8 Å². The van der Waals surface area contributed by atoms with Gasteiger partial charge in [0.1, 0.15) is 0 Å². The Morgan fingerprint density at radius 2 is 2.40 bits per heavy atom. The average Bonchev–Trinajstić information content (AvgIpc) is 2.36. The van der Waals surface area contributed by atoms with Crippen molar-refractivity contribution >= 4 is 13.8 Å². The summed E-state index contributed by atoms with van der Waals surface area (Å²) >= 11 is -1.90. The van der Waals surface area contributed by atoms with E-state index in [9.17, 15) is 3.83 Å². The first-order valence-electron chi connectivity index (χ1n) is 2.78. The maximum atomic E-state index is 11.2. The quantitative estimate of drug-likeness (QED) is 0.542. The van der Waals surface area contributed by atoms with E-state index in [0.29, 0.717) is 0 Å². The third-order valence-electron chi connectivity index (χ3n) is 1.27. The molecule has 2 aliphatic heterocycles. The van der Waals surface area contributed by atoms with E-state index in [0.717, 1.165) is 10.2 Å². The number of fused-ring (bicyclic) bond motifs is 1. The molecule has 2 rings (SSSR count). The fraction of sp³-hybridized carbons (Fsp3) is 0. The van der Waals surface area contributed by atoms with Crippen LogP contribution in [0.15, 0.2) is 43.7 Å². The molecule has 1 atom stereocenters. The Kier molecular flexibility index (Phi) is 1.22. The standard InChI is InChI=1S/C6H4N2OSe/c9-10-3-1-2-5-6(10)4-7-8-5/h1-4H. The van der Waals surface area contributed by atoms with Crippen molar-refractivity contribution in [2.45, 2.75) is 0 Å². The molecule has 0 spiro atoms. The van der Waals surface area contributed by atoms with E-state index in [1.54, 1.807) is 17.3 Å². The molecular weight excluding hydrogens is 195 g/mol. The first-order chi connectivity index (χ1) is 4.88. The summed E-state index contributed by atoms with van der Waals surface area (Å²) in [6.07, 6.45) is 5.17. The second-order valence-corrected chi connectivity index (χ2v) is 4.63. The van der Waals surface area contributed by atoms with Crippen molar-refractivity contribution in [3.63, 3.8) is 0 Å². The summed E-state index contributed by atoms with van der Waals surface area (Å²) in [7, 11) is 0. The molecule has 0 aromatic heterocycles. The molecule has 2 heterocycles. The van der Waals surface area contributed by atoms with E-state index >= 15 is 0 Å². The van der Waals surface area contributed by atoms with E-state index in [1.807, 2.05) is 6.08 Å². The van der Waals surface area contributed by atoms with Crippen LogP contribution in [0.5, 0.6) is 0 Å². The SMILES string of the molecule is O=[Se]1C=CC=C2N=NC=C21. The zero-order valence-electron chi connectivity index (χ0n) is 5.02. The van der Waals surface area contributed by atoms with E-state index in [-0.39, 0.29) is 0 Å². The summed E-state index contributed by atoms with van der Waals surface area (Å²) in [5.41, 5.74) is 0.766. The second kappa shape index (κ2) is 2.08. The molecular formula is C6H4N2OSe. The van der Waals surface area contributed by atoms with Gasteiger partial charge in [0.25, 0.3) is 0 Å². The summed E-state index contributed by atoms with van der Waals surface area (Å²) < 4.78 is 12.0. The van der Waals surface area contributed by atoms with Gasteiger partial charge in [-0.05, 0) is 0 Å². The van der Waals surface area contributed by atoms with Gasteiger partial charge in [0.2, 0.25) is 0 Å². The zero-order chi connectivity index (χ0) is 6.97. The Labute approximate surface area is 61.9 Å². The van der Waals surface area contributed by atoms with Gasteiger partial charge in [-0.2, -0.15) is 0 Å². The Hall–Kier alpha value is -0.861. The van der Waals surface area contributed by atoms with Crippen LogP contribution in [0.1, 0.15) is 0 Å². The van der Waals surface area contributed by atoms with Crippen molar-refractivity contribution in [1.29, 1.82) is 0 Å². The van der Waals surface area contributed by atoms with Crippen LogP contribution in [0.3, 0.4) is 0 Å². The van der Waals surface area contributed by atoms with Gasteiger partial charge < -0.3 is 0 Å². The number of rotatable bonds is 0. The van der Waals surface area contributed by atoms with Crippen molar-refractivity contribution in [1.82, 2.24) is 0 Å². The molecule has 0 saturated heterocycles. The topological polar surface area (TPSA) is 41.8 Å². The Morgan fingerprint density at radius 1 is 1.50 bits per heavy atom. The van der Waals surface area contributed by atoms with Gasteiger partial charge in [0, 0.05) is 0 Å². The Morgan fingerprint density at radius 3 is 3.20 bits per heavy atom. The fourth-order valence-corrected chi connectivity index (χ4v) is 2.55. The van der Waals surface area contributed by atoms with Crippen LogP contribution >= 0.6 is 0 Å². The van der Waals surface area contributed by atoms with Gasteiger partial charge in [-0.15, -0.1) is 0 Å². The van der Waals surface area contributed by atoms with Crippen LogP contribution in [-0.2, 0) is 3.83 Å².